The van der Waals surface area contributed by atoms with Crippen LogP contribution in [0.2, 0.25) is 0 Å². The number of piperidine rings is 1. The van der Waals surface area contributed by atoms with Gasteiger partial charge in [0.25, 0.3) is 5.92 Å². The number of hydrogen-bond acceptors (Lipinski definition) is 5. The summed E-state index contributed by atoms with van der Waals surface area (Å²) in [6.07, 6.45) is 0.703. The van der Waals surface area contributed by atoms with Crippen LogP contribution in [0, 0.1) is 0 Å². The number of rotatable bonds is 2. The topological polar surface area (TPSA) is 67.3 Å². The Bertz CT molecular complexity index is 810. The van der Waals surface area contributed by atoms with Gasteiger partial charge < -0.3 is 9.64 Å². The summed E-state index contributed by atoms with van der Waals surface area (Å²) >= 11 is 0. The van der Waals surface area contributed by atoms with Crippen LogP contribution in [-0.4, -0.2) is 40.7 Å². The molecule has 1 amide bonds. The number of anilines is 2. The van der Waals surface area contributed by atoms with Gasteiger partial charge in [-0.2, -0.15) is 0 Å². The normalized spacial score (nSPS) is 17.2. The van der Waals surface area contributed by atoms with E-state index in [1.807, 2.05) is 0 Å². The third-order valence-corrected chi connectivity index (χ3v) is 3.99. The lowest BCUT2D eigenvalue weighted by Gasteiger charge is -2.31. The van der Waals surface area contributed by atoms with E-state index >= 15 is 0 Å². The largest absolute Gasteiger partial charge is 0.444 e. The lowest BCUT2D eigenvalue weighted by molar-refractivity contribution is -0.0222. The maximum absolute atomic E-state index is 13.3. The van der Waals surface area contributed by atoms with Crippen LogP contribution in [0.15, 0.2) is 24.4 Å². The molecule has 0 bridgehead atoms. The molecule has 0 aliphatic carbocycles. The number of nitrogens with one attached hydrogen (secondary N) is 1. The van der Waals surface area contributed by atoms with Crippen LogP contribution >= 0.6 is 0 Å². The summed E-state index contributed by atoms with van der Waals surface area (Å²) in [6.45, 7) is 5.79. The SMILES string of the molecule is CC(C)(C)OC(=O)Nc1ccc2cnc(N3CCC(F)(F)CC3)nc2c1. The Labute approximate surface area is 150 Å². The molecule has 140 valence electrons. The van der Waals surface area contributed by atoms with Crippen molar-refractivity contribution in [1.82, 2.24) is 9.97 Å². The first kappa shape index (κ1) is 18.3. The molecule has 26 heavy (non-hydrogen) atoms. The first-order valence-electron chi connectivity index (χ1n) is 8.51. The van der Waals surface area contributed by atoms with Crippen LogP contribution in [0.3, 0.4) is 0 Å². The molecule has 0 saturated carbocycles. The molecule has 0 atom stereocenters. The van der Waals surface area contributed by atoms with Gasteiger partial charge in [-0.25, -0.2) is 23.5 Å². The summed E-state index contributed by atoms with van der Waals surface area (Å²) in [4.78, 5) is 22.4. The highest BCUT2D eigenvalue weighted by molar-refractivity contribution is 5.89. The standard InChI is InChI=1S/C18H22F2N4O2/c1-17(2,3)26-16(25)22-13-5-4-12-11-21-15(23-14(12)10-13)24-8-6-18(19,20)7-9-24/h4-5,10-11H,6-9H2,1-3H3,(H,22,25). The predicted molar refractivity (Wildman–Crippen MR) is 95.8 cm³/mol. The number of ether oxygens (including phenoxy) is 1. The highest BCUT2D eigenvalue weighted by Crippen LogP contribution is 2.29. The molecule has 1 saturated heterocycles. The van der Waals surface area contributed by atoms with Crippen LogP contribution in [0.25, 0.3) is 10.9 Å². The van der Waals surface area contributed by atoms with Gasteiger partial charge in [-0.3, -0.25) is 5.32 Å². The van der Waals surface area contributed by atoms with Gasteiger partial charge in [-0.1, -0.05) is 0 Å². The number of alkyl halides is 2. The van der Waals surface area contributed by atoms with Crippen molar-refractivity contribution in [2.24, 2.45) is 0 Å². The van der Waals surface area contributed by atoms with Gasteiger partial charge >= 0.3 is 6.09 Å². The van der Waals surface area contributed by atoms with E-state index in [4.69, 9.17) is 4.74 Å². The van der Waals surface area contributed by atoms with Crippen molar-refractivity contribution in [3.8, 4) is 0 Å². The van der Waals surface area contributed by atoms with Crippen molar-refractivity contribution >= 4 is 28.6 Å². The zero-order valence-corrected chi connectivity index (χ0v) is 15.1. The monoisotopic (exact) mass is 364 g/mol. The molecule has 2 heterocycles. The second-order valence-corrected chi connectivity index (χ2v) is 7.41. The van der Waals surface area contributed by atoms with Crippen molar-refractivity contribution in [2.45, 2.75) is 45.1 Å². The number of fused-ring (bicyclic) bond motifs is 1. The quantitative estimate of drug-likeness (QED) is 0.864. The summed E-state index contributed by atoms with van der Waals surface area (Å²) in [5.41, 5.74) is 0.578. The van der Waals surface area contributed by atoms with Gasteiger partial charge in [0.15, 0.2) is 0 Å². The number of hydrogen-bond donors (Lipinski definition) is 1. The Hall–Kier alpha value is -2.51. The van der Waals surface area contributed by atoms with Gasteiger partial charge in [0.1, 0.15) is 5.60 Å². The van der Waals surface area contributed by atoms with Crippen molar-refractivity contribution in [1.29, 1.82) is 0 Å². The summed E-state index contributed by atoms with van der Waals surface area (Å²) in [5.74, 6) is -2.19. The van der Waals surface area contributed by atoms with Crippen LogP contribution in [0.4, 0.5) is 25.2 Å². The molecular formula is C18H22F2N4O2. The van der Waals surface area contributed by atoms with Gasteiger partial charge in [0.2, 0.25) is 5.95 Å². The van der Waals surface area contributed by atoms with E-state index in [2.05, 4.69) is 15.3 Å². The summed E-state index contributed by atoms with van der Waals surface area (Å²) < 4.78 is 31.9. The number of nitrogens with zero attached hydrogens (tertiary/aromatic N) is 3. The number of carbonyl (C=O) groups excluding carboxylic acids is 1. The molecular weight excluding hydrogens is 342 g/mol. The summed E-state index contributed by atoms with van der Waals surface area (Å²) in [5, 5.41) is 3.46. The number of amides is 1. The molecule has 0 unspecified atom stereocenters. The fourth-order valence-electron chi connectivity index (χ4n) is 2.70. The maximum Gasteiger partial charge on any atom is 0.412 e. The van der Waals surface area contributed by atoms with Gasteiger partial charge in [-0.15, -0.1) is 0 Å². The van der Waals surface area contributed by atoms with E-state index in [1.54, 1.807) is 50.1 Å². The minimum atomic E-state index is -2.61. The van der Waals surface area contributed by atoms with Crippen LogP contribution in [-0.2, 0) is 4.74 Å². The Morgan fingerprint density at radius 2 is 1.96 bits per heavy atom. The third-order valence-electron chi connectivity index (χ3n) is 3.99. The van der Waals surface area contributed by atoms with E-state index in [9.17, 15) is 13.6 Å². The highest BCUT2D eigenvalue weighted by Gasteiger charge is 2.34. The lowest BCUT2D eigenvalue weighted by atomic mass is 10.1. The predicted octanol–water partition coefficient (Wildman–Crippen LogP) is 4.21. The fraction of sp³-hybridized carbons (Fsp3) is 0.500. The molecule has 1 aliphatic heterocycles. The average molecular weight is 364 g/mol. The number of halogens is 2. The number of carbonyl (C=O) groups is 1. The molecule has 3 rings (SSSR count). The second kappa shape index (κ2) is 6.66. The third kappa shape index (κ3) is 4.56. The smallest absolute Gasteiger partial charge is 0.412 e. The molecule has 1 fully saturated rings. The van der Waals surface area contributed by atoms with Gasteiger partial charge in [-0.05, 0) is 39.0 Å². The van der Waals surface area contributed by atoms with E-state index in [1.165, 1.54) is 0 Å². The van der Waals surface area contributed by atoms with Crippen LogP contribution < -0.4 is 10.2 Å². The second-order valence-electron chi connectivity index (χ2n) is 7.41. The minimum absolute atomic E-state index is 0.200. The molecule has 1 aromatic heterocycles. The zero-order chi connectivity index (χ0) is 18.9. The Balaban J connectivity index is 1.77. The summed E-state index contributed by atoms with van der Waals surface area (Å²) in [7, 11) is 0. The van der Waals surface area contributed by atoms with E-state index in [0.717, 1.165) is 5.39 Å². The molecule has 0 spiro atoms. The van der Waals surface area contributed by atoms with E-state index < -0.39 is 17.6 Å². The molecule has 2 aromatic rings. The molecule has 6 nitrogen and oxygen atoms in total. The van der Waals surface area contributed by atoms with E-state index in [0.29, 0.717) is 17.2 Å². The summed E-state index contributed by atoms with van der Waals surface area (Å²) in [6, 6.07) is 5.23. The van der Waals surface area contributed by atoms with Gasteiger partial charge in [0.05, 0.1) is 5.52 Å². The van der Waals surface area contributed by atoms with Crippen molar-refractivity contribution in [3.05, 3.63) is 24.4 Å². The number of benzene rings is 1. The zero-order valence-electron chi connectivity index (χ0n) is 15.1. The Morgan fingerprint density at radius 3 is 2.62 bits per heavy atom. The minimum Gasteiger partial charge on any atom is -0.444 e. The molecule has 1 aliphatic rings. The van der Waals surface area contributed by atoms with Crippen molar-refractivity contribution in [3.63, 3.8) is 0 Å². The molecule has 1 N–H and O–H groups in total. The van der Waals surface area contributed by atoms with Gasteiger partial charge in [0, 0.05) is 43.2 Å². The molecule has 0 radical (unpaired) electrons. The fourth-order valence-corrected chi connectivity index (χ4v) is 2.70. The first-order chi connectivity index (χ1) is 12.1. The maximum atomic E-state index is 13.3. The number of aromatic nitrogens is 2. The van der Waals surface area contributed by atoms with Crippen molar-refractivity contribution < 1.29 is 18.3 Å². The Kier molecular flexibility index (Phi) is 4.68. The van der Waals surface area contributed by atoms with Crippen molar-refractivity contribution in [2.75, 3.05) is 23.3 Å². The van der Waals surface area contributed by atoms with Crippen LogP contribution in [0.1, 0.15) is 33.6 Å². The first-order valence-corrected chi connectivity index (χ1v) is 8.51. The van der Waals surface area contributed by atoms with Crippen LogP contribution in [0.5, 0.6) is 0 Å². The Morgan fingerprint density at radius 1 is 1.27 bits per heavy atom. The highest BCUT2D eigenvalue weighted by atomic mass is 19.3. The van der Waals surface area contributed by atoms with E-state index in [-0.39, 0.29) is 25.9 Å². The molecule has 1 aromatic carbocycles. The average Bonchev–Trinajstić information content (AvgIpc) is 2.52. The molecule has 8 heteroatoms. The lowest BCUT2D eigenvalue weighted by Crippen LogP contribution is -2.40.